The average molecular weight is 882 g/mol. The van der Waals surface area contributed by atoms with Gasteiger partial charge in [-0.15, -0.1) is 0 Å². The molecular weight excluding hydrogens is 827 g/mol. The van der Waals surface area contributed by atoms with Crippen molar-refractivity contribution >= 4 is 42.4 Å². The molecule has 15 nitrogen and oxygen atoms in total. The number of ether oxygens (including phenoxy) is 4. The number of hydrogen-bond acceptors (Lipinski definition) is 12. The Kier molecular flexibility index (Phi) is 12.3. The molecule has 0 aromatic heterocycles. The third-order valence-corrected chi connectivity index (χ3v) is 18.0. The summed E-state index contributed by atoms with van der Waals surface area (Å²) in [7, 11) is 0.533. The highest BCUT2D eigenvalue weighted by Gasteiger charge is 2.66. The topological polar surface area (TPSA) is 208 Å². The molecule has 8 rings (SSSR count). The summed E-state index contributed by atoms with van der Waals surface area (Å²) in [5, 5.41) is 54.8. The van der Waals surface area contributed by atoms with Gasteiger partial charge in [0.15, 0.2) is 18.0 Å². The summed E-state index contributed by atoms with van der Waals surface area (Å²) in [6.45, 7) is 6.74. The molecule has 4 heterocycles. The van der Waals surface area contributed by atoms with Gasteiger partial charge in [0.2, 0.25) is 5.91 Å². The van der Waals surface area contributed by atoms with Crippen molar-refractivity contribution in [3.05, 3.63) is 113 Å². The van der Waals surface area contributed by atoms with E-state index in [1.54, 1.807) is 54.4 Å². The molecule has 334 valence electrons. The summed E-state index contributed by atoms with van der Waals surface area (Å²) in [5.74, 6) is -0.533. The number of fused-ring (bicyclic) bond motifs is 3. The Morgan fingerprint density at radius 3 is 2.27 bits per heavy atom. The lowest BCUT2D eigenvalue weighted by atomic mass is 9.82. The smallest absolute Gasteiger partial charge is 0.264 e. The molecule has 0 saturated carbocycles. The minimum absolute atomic E-state index is 0.0112. The van der Waals surface area contributed by atoms with E-state index in [2.05, 4.69) is 30.5 Å². The van der Waals surface area contributed by atoms with E-state index >= 15 is 4.79 Å². The van der Waals surface area contributed by atoms with Crippen molar-refractivity contribution in [3.63, 3.8) is 0 Å². The predicted molar refractivity (Wildman–Crippen MR) is 234 cm³/mol. The van der Waals surface area contributed by atoms with E-state index in [1.165, 1.54) is 0 Å². The van der Waals surface area contributed by atoms with Crippen LogP contribution in [0.2, 0.25) is 18.6 Å². The van der Waals surface area contributed by atoms with Gasteiger partial charge in [-0.3, -0.25) is 14.4 Å². The third kappa shape index (κ3) is 7.82. The van der Waals surface area contributed by atoms with Crippen LogP contribution in [-0.4, -0.2) is 120 Å². The highest BCUT2D eigenvalue weighted by molar-refractivity contribution is 6.91. The largest absolute Gasteiger partial charge is 0.497 e. The van der Waals surface area contributed by atoms with Gasteiger partial charge in [0.05, 0.1) is 59.7 Å². The van der Waals surface area contributed by atoms with Crippen LogP contribution in [0.1, 0.15) is 35.6 Å². The highest BCUT2D eigenvalue weighted by atomic mass is 28.3. The van der Waals surface area contributed by atoms with Crippen molar-refractivity contribution < 1.29 is 58.9 Å². The van der Waals surface area contributed by atoms with Crippen molar-refractivity contribution in [1.29, 1.82) is 0 Å². The van der Waals surface area contributed by atoms with Crippen molar-refractivity contribution in [3.8, 4) is 11.5 Å². The quantitative estimate of drug-likeness (QED) is 0.120. The minimum Gasteiger partial charge on any atom is -0.497 e. The molecule has 63 heavy (non-hydrogen) atoms. The standard InChI is InChI=1S/C47H55N3O12Si/c1-26-43(63(4,5)34-16-13-32(59-2)14-17-34)37(22-38(52)49-24-29-11-7-6-10-28(29)20-31(49)25-51)62-47(26)35-21-33(60-3)15-18-36(35)50(46(47)58)23-27-9-8-12-30(19-27)48-44(56)42-40(54)39(53)41(55)45(57)61-42/h6-19,21,26,31,37,39-43,45,51,53-55,57H,20,22-25H2,1-5H3,(H,48,56)/t26-,31-,37+,39-,40-,41+,42-,43-,45+,47+/m0/s1. The number of hydrogen-bond donors (Lipinski definition) is 6. The van der Waals surface area contributed by atoms with Crippen LogP contribution < -0.4 is 24.9 Å². The molecule has 4 aromatic rings. The number of methoxy groups -OCH3 is 2. The van der Waals surface area contributed by atoms with Gasteiger partial charge >= 0.3 is 0 Å². The fourth-order valence-electron chi connectivity index (χ4n) is 10.3. The molecule has 4 aliphatic heterocycles. The number of amides is 3. The second-order valence-electron chi connectivity index (χ2n) is 17.6. The van der Waals surface area contributed by atoms with Gasteiger partial charge in [-0.2, -0.15) is 0 Å². The Balaban J connectivity index is 1.14. The van der Waals surface area contributed by atoms with E-state index < -0.39 is 68.4 Å². The van der Waals surface area contributed by atoms with Gasteiger partial charge in [0, 0.05) is 23.7 Å². The maximum absolute atomic E-state index is 15.5. The van der Waals surface area contributed by atoms with E-state index in [-0.39, 0.29) is 42.6 Å². The van der Waals surface area contributed by atoms with E-state index in [0.717, 1.165) is 16.3 Å². The van der Waals surface area contributed by atoms with Gasteiger partial charge in [-0.1, -0.05) is 73.7 Å². The van der Waals surface area contributed by atoms with Crippen molar-refractivity contribution in [1.82, 2.24) is 4.90 Å². The molecule has 6 N–H and O–H groups in total. The monoisotopic (exact) mass is 881 g/mol. The maximum atomic E-state index is 15.5. The molecule has 2 fully saturated rings. The maximum Gasteiger partial charge on any atom is 0.264 e. The van der Waals surface area contributed by atoms with E-state index in [9.17, 15) is 35.1 Å². The summed E-state index contributed by atoms with van der Waals surface area (Å²) < 4.78 is 23.6. The molecule has 0 radical (unpaired) electrons. The lowest BCUT2D eigenvalue weighted by molar-refractivity contribution is -0.274. The molecule has 2 saturated heterocycles. The van der Waals surface area contributed by atoms with Crippen LogP contribution in [0.3, 0.4) is 0 Å². The number of anilines is 2. The minimum atomic E-state index is -2.64. The number of aliphatic hydroxyl groups excluding tert-OH is 5. The number of aliphatic hydroxyl groups is 5. The zero-order valence-corrected chi connectivity index (χ0v) is 36.9. The van der Waals surface area contributed by atoms with Crippen molar-refractivity contribution in [2.75, 3.05) is 31.0 Å². The first-order valence-corrected chi connectivity index (χ1v) is 24.3. The number of carbonyl (C=O) groups excluding carboxylic acids is 3. The molecule has 4 aromatic carbocycles. The summed E-state index contributed by atoms with van der Waals surface area (Å²) >= 11 is 0. The van der Waals surface area contributed by atoms with Gasteiger partial charge in [0.1, 0.15) is 29.8 Å². The number of benzene rings is 4. The second-order valence-corrected chi connectivity index (χ2v) is 22.3. The van der Waals surface area contributed by atoms with E-state index in [4.69, 9.17) is 18.9 Å². The Labute approximate surface area is 366 Å². The lowest BCUT2D eigenvalue weighted by Crippen LogP contribution is -2.60. The molecule has 3 amide bonds. The summed E-state index contributed by atoms with van der Waals surface area (Å²) in [6, 6.07) is 27.7. The molecule has 1 spiro atoms. The first-order chi connectivity index (χ1) is 30.1. The number of carbonyl (C=O) groups is 3. The average Bonchev–Trinajstić information content (AvgIpc) is 3.71. The van der Waals surface area contributed by atoms with Crippen LogP contribution in [0.5, 0.6) is 11.5 Å². The zero-order chi connectivity index (χ0) is 45.0. The van der Waals surface area contributed by atoms with Crippen molar-refractivity contribution in [2.24, 2.45) is 5.92 Å². The third-order valence-electron chi connectivity index (χ3n) is 13.7. The van der Waals surface area contributed by atoms with Gasteiger partial charge < -0.3 is 59.6 Å². The van der Waals surface area contributed by atoms with Gasteiger partial charge in [-0.05, 0) is 71.1 Å². The molecule has 16 heteroatoms. The van der Waals surface area contributed by atoms with Crippen LogP contribution in [0.15, 0.2) is 91.0 Å². The van der Waals surface area contributed by atoms with Crippen LogP contribution in [0.25, 0.3) is 0 Å². The summed E-state index contributed by atoms with van der Waals surface area (Å²) in [4.78, 5) is 46.8. The molecule has 0 unspecified atom stereocenters. The number of rotatable bonds is 11. The molecule has 10 atom stereocenters. The van der Waals surface area contributed by atoms with Crippen LogP contribution in [0.4, 0.5) is 11.4 Å². The van der Waals surface area contributed by atoms with E-state index in [1.807, 2.05) is 55.5 Å². The van der Waals surface area contributed by atoms with Gasteiger partial charge in [0.25, 0.3) is 11.8 Å². The SMILES string of the molecule is COc1ccc([Si](C)(C)[C@@H]2[C@@H](CC(=O)N3Cc4ccccc4C[C@H]3CO)O[C@]3(C(=O)N(Cc4cccc(NC(=O)[C@H]5O[C@@H](O)[C@H](O)[C@@H](O)[C@@H]5O)c4)c4ccc(OC)cc43)[C@H]2C)cc1. The molecule has 0 aliphatic carbocycles. The predicted octanol–water partition coefficient (Wildman–Crippen LogP) is 2.54. The Morgan fingerprint density at radius 1 is 0.873 bits per heavy atom. The van der Waals surface area contributed by atoms with Crippen LogP contribution in [0, 0.1) is 5.92 Å². The summed E-state index contributed by atoms with van der Waals surface area (Å²) in [6.07, 6.45) is -9.16. The molecule has 4 aliphatic rings. The molecule has 0 bridgehead atoms. The Morgan fingerprint density at radius 2 is 1.57 bits per heavy atom. The number of nitrogens with zero attached hydrogens (tertiary/aromatic N) is 2. The Bertz CT molecular complexity index is 2360. The molecular formula is C47H55N3O12Si. The fraction of sp³-hybridized carbons (Fsp3) is 0.426. The Hall–Kier alpha value is -5.17. The first-order valence-electron chi connectivity index (χ1n) is 21.2. The summed E-state index contributed by atoms with van der Waals surface area (Å²) in [5.41, 5.74) is 2.49. The lowest BCUT2D eigenvalue weighted by Gasteiger charge is -2.39. The van der Waals surface area contributed by atoms with Crippen LogP contribution >= 0.6 is 0 Å². The highest BCUT2D eigenvalue weighted by Crippen LogP contribution is 2.60. The van der Waals surface area contributed by atoms with Crippen LogP contribution in [-0.2, 0) is 49.0 Å². The second kappa shape index (κ2) is 17.4. The normalized spacial score (nSPS) is 29.0. The van der Waals surface area contributed by atoms with Crippen molar-refractivity contribution in [2.45, 2.75) is 99.9 Å². The fourth-order valence-corrected chi connectivity index (χ4v) is 14.3. The number of nitrogens with one attached hydrogen (secondary N) is 1. The van der Waals surface area contributed by atoms with Gasteiger partial charge in [-0.25, -0.2) is 0 Å². The van der Waals surface area contributed by atoms with E-state index in [0.29, 0.717) is 41.3 Å². The first kappa shape index (κ1) is 44.4. The zero-order valence-electron chi connectivity index (χ0n) is 35.9.